The van der Waals surface area contributed by atoms with Gasteiger partial charge in [-0.1, -0.05) is 26.0 Å². The summed E-state index contributed by atoms with van der Waals surface area (Å²) < 4.78 is 24.3. The first-order chi connectivity index (χ1) is 14.5. The Kier molecular flexibility index (Phi) is 8.49. The van der Waals surface area contributed by atoms with E-state index in [4.69, 9.17) is 9.47 Å². The third-order valence-electron chi connectivity index (χ3n) is 5.39. The van der Waals surface area contributed by atoms with Crippen molar-refractivity contribution in [1.29, 1.82) is 0 Å². The van der Waals surface area contributed by atoms with E-state index in [2.05, 4.69) is 35.8 Å². The van der Waals surface area contributed by atoms with E-state index in [1.807, 2.05) is 24.3 Å². The lowest BCUT2D eigenvalue weighted by atomic mass is 10.0. The molecule has 1 saturated heterocycles. The first-order valence-corrected chi connectivity index (χ1v) is 10.7. The summed E-state index contributed by atoms with van der Waals surface area (Å²) in [7, 11) is 0. The third kappa shape index (κ3) is 6.97. The average Bonchev–Trinajstić information content (AvgIpc) is 2.75. The topological polar surface area (TPSA) is 45.2 Å². The van der Waals surface area contributed by atoms with Crippen molar-refractivity contribution < 1.29 is 19.0 Å². The van der Waals surface area contributed by atoms with Crippen LogP contribution in [0, 0.1) is 5.82 Å². The zero-order chi connectivity index (χ0) is 21.3. The number of aliphatic hydroxyl groups is 1. The van der Waals surface area contributed by atoms with Gasteiger partial charge in [0.05, 0.1) is 19.3 Å². The standard InChI is InChI=1S/C24H33FN2O3/c1-19(2)20-3-9-24(10-4-20)30-16-15-29-18-23(28)17-26-11-13-27(14-12-26)22-7-5-21(25)6-8-22/h3-10,19,23,28H,11-18H2,1-2H3. The highest BCUT2D eigenvalue weighted by Crippen LogP contribution is 2.19. The van der Waals surface area contributed by atoms with Crippen molar-refractivity contribution in [3.63, 3.8) is 0 Å². The molecule has 1 aliphatic heterocycles. The molecule has 1 N–H and O–H groups in total. The molecule has 2 aromatic carbocycles. The number of aliphatic hydroxyl groups excluding tert-OH is 1. The Morgan fingerprint density at radius 3 is 2.23 bits per heavy atom. The fourth-order valence-corrected chi connectivity index (χ4v) is 3.58. The van der Waals surface area contributed by atoms with Crippen LogP contribution in [0.1, 0.15) is 25.3 Å². The van der Waals surface area contributed by atoms with Crippen molar-refractivity contribution in [2.75, 3.05) is 57.4 Å². The van der Waals surface area contributed by atoms with Gasteiger partial charge in [0.2, 0.25) is 0 Å². The van der Waals surface area contributed by atoms with E-state index < -0.39 is 6.10 Å². The van der Waals surface area contributed by atoms with Gasteiger partial charge in [-0.15, -0.1) is 0 Å². The Bertz CT molecular complexity index is 744. The van der Waals surface area contributed by atoms with Crippen LogP contribution in [-0.4, -0.2) is 68.7 Å². The highest BCUT2D eigenvalue weighted by Gasteiger charge is 2.19. The minimum absolute atomic E-state index is 0.213. The molecule has 2 aromatic rings. The van der Waals surface area contributed by atoms with E-state index in [1.165, 1.54) is 17.7 Å². The van der Waals surface area contributed by atoms with Gasteiger partial charge in [-0.05, 0) is 47.9 Å². The van der Waals surface area contributed by atoms with Gasteiger partial charge in [0, 0.05) is 38.4 Å². The maximum Gasteiger partial charge on any atom is 0.123 e. The lowest BCUT2D eigenvalue weighted by molar-refractivity contribution is 0.00718. The molecule has 0 saturated carbocycles. The van der Waals surface area contributed by atoms with Crippen LogP contribution in [0.2, 0.25) is 0 Å². The highest BCUT2D eigenvalue weighted by molar-refractivity contribution is 5.46. The first-order valence-electron chi connectivity index (χ1n) is 10.7. The number of piperazine rings is 1. The largest absolute Gasteiger partial charge is 0.491 e. The number of rotatable bonds is 10. The van der Waals surface area contributed by atoms with Crippen molar-refractivity contribution in [3.05, 3.63) is 59.9 Å². The maximum atomic E-state index is 13.1. The Morgan fingerprint density at radius 1 is 0.933 bits per heavy atom. The maximum absolute atomic E-state index is 13.1. The molecule has 164 valence electrons. The average molecular weight is 417 g/mol. The SMILES string of the molecule is CC(C)c1ccc(OCCOCC(O)CN2CCN(c3ccc(F)cc3)CC2)cc1. The summed E-state index contributed by atoms with van der Waals surface area (Å²) in [6.45, 7) is 9.59. The summed E-state index contributed by atoms with van der Waals surface area (Å²) in [6, 6.07) is 14.7. The lowest BCUT2D eigenvalue weighted by Crippen LogP contribution is -2.49. The van der Waals surface area contributed by atoms with E-state index in [0.29, 0.717) is 32.3 Å². The normalized spacial score (nSPS) is 16.1. The van der Waals surface area contributed by atoms with Gasteiger partial charge in [0.1, 0.15) is 18.2 Å². The van der Waals surface area contributed by atoms with Crippen LogP contribution >= 0.6 is 0 Å². The predicted octanol–water partition coefficient (Wildman–Crippen LogP) is 3.53. The molecule has 6 heteroatoms. The summed E-state index contributed by atoms with van der Waals surface area (Å²) in [5, 5.41) is 10.3. The summed E-state index contributed by atoms with van der Waals surface area (Å²) >= 11 is 0. The van der Waals surface area contributed by atoms with Crippen LogP contribution in [0.25, 0.3) is 0 Å². The Balaban J connectivity index is 1.27. The highest BCUT2D eigenvalue weighted by atomic mass is 19.1. The molecular weight excluding hydrogens is 383 g/mol. The number of β-amino-alcohol motifs (C(OH)–C–C–N with tert-alkyl or cyclic N) is 1. The Hall–Kier alpha value is -2.15. The van der Waals surface area contributed by atoms with Gasteiger partial charge in [0.15, 0.2) is 0 Å². The quantitative estimate of drug-likeness (QED) is 0.601. The second-order valence-electron chi connectivity index (χ2n) is 8.07. The predicted molar refractivity (Wildman–Crippen MR) is 118 cm³/mol. The zero-order valence-corrected chi connectivity index (χ0v) is 18.0. The molecular formula is C24H33FN2O3. The second kappa shape index (κ2) is 11.3. The van der Waals surface area contributed by atoms with Crippen LogP contribution in [0.3, 0.4) is 0 Å². The van der Waals surface area contributed by atoms with Crippen molar-refractivity contribution in [2.24, 2.45) is 0 Å². The van der Waals surface area contributed by atoms with Gasteiger partial charge in [-0.3, -0.25) is 4.90 Å². The Morgan fingerprint density at radius 2 is 1.60 bits per heavy atom. The zero-order valence-electron chi connectivity index (χ0n) is 18.0. The van der Waals surface area contributed by atoms with Gasteiger partial charge in [-0.25, -0.2) is 4.39 Å². The van der Waals surface area contributed by atoms with Crippen molar-refractivity contribution in [3.8, 4) is 5.75 Å². The second-order valence-corrected chi connectivity index (χ2v) is 8.07. The minimum Gasteiger partial charge on any atom is -0.491 e. The molecule has 5 nitrogen and oxygen atoms in total. The molecule has 1 unspecified atom stereocenters. The van der Waals surface area contributed by atoms with Crippen molar-refractivity contribution in [1.82, 2.24) is 4.90 Å². The molecule has 1 atom stereocenters. The van der Waals surface area contributed by atoms with Gasteiger partial charge in [0.25, 0.3) is 0 Å². The molecule has 0 bridgehead atoms. The van der Waals surface area contributed by atoms with E-state index >= 15 is 0 Å². The smallest absolute Gasteiger partial charge is 0.123 e. The fraction of sp³-hybridized carbons (Fsp3) is 0.500. The molecule has 0 spiro atoms. The molecule has 0 radical (unpaired) electrons. The van der Waals surface area contributed by atoms with Gasteiger partial charge >= 0.3 is 0 Å². The number of ether oxygens (including phenoxy) is 2. The van der Waals surface area contributed by atoms with Crippen molar-refractivity contribution >= 4 is 5.69 Å². The number of hydrogen-bond acceptors (Lipinski definition) is 5. The first kappa shape index (κ1) is 22.5. The monoisotopic (exact) mass is 416 g/mol. The Labute approximate surface area is 179 Å². The van der Waals surface area contributed by atoms with Crippen LogP contribution in [0.15, 0.2) is 48.5 Å². The van der Waals surface area contributed by atoms with E-state index in [1.54, 1.807) is 0 Å². The summed E-state index contributed by atoms with van der Waals surface area (Å²) in [4.78, 5) is 4.48. The van der Waals surface area contributed by atoms with E-state index in [9.17, 15) is 9.50 Å². The molecule has 30 heavy (non-hydrogen) atoms. The van der Waals surface area contributed by atoms with Crippen LogP contribution in [0.5, 0.6) is 5.75 Å². The summed E-state index contributed by atoms with van der Waals surface area (Å²) in [5.41, 5.74) is 2.33. The lowest BCUT2D eigenvalue weighted by Gasteiger charge is -2.36. The third-order valence-corrected chi connectivity index (χ3v) is 5.39. The molecule has 3 rings (SSSR count). The summed E-state index contributed by atoms with van der Waals surface area (Å²) in [5.74, 6) is 1.13. The molecule has 1 aliphatic rings. The number of anilines is 1. The number of halogens is 1. The van der Waals surface area contributed by atoms with Crippen LogP contribution in [0.4, 0.5) is 10.1 Å². The molecule has 1 fully saturated rings. The summed E-state index contributed by atoms with van der Waals surface area (Å²) in [6.07, 6.45) is -0.521. The van der Waals surface area contributed by atoms with Crippen LogP contribution < -0.4 is 9.64 Å². The molecule has 0 aliphatic carbocycles. The van der Waals surface area contributed by atoms with Crippen molar-refractivity contribution in [2.45, 2.75) is 25.9 Å². The number of benzene rings is 2. The minimum atomic E-state index is -0.521. The van der Waals surface area contributed by atoms with Gasteiger partial charge < -0.3 is 19.5 Å². The van der Waals surface area contributed by atoms with E-state index in [0.717, 1.165) is 37.6 Å². The van der Waals surface area contributed by atoms with E-state index in [-0.39, 0.29) is 5.82 Å². The molecule has 0 amide bonds. The molecule has 1 heterocycles. The molecule has 0 aromatic heterocycles. The van der Waals surface area contributed by atoms with Crippen LogP contribution in [-0.2, 0) is 4.74 Å². The van der Waals surface area contributed by atoms with Gasteiger partial charge in [-0.2, -0.15) is 0 Å². The number of hydrogen-bond donors (Lipinski definition) is 1. The fourth-order valence-electron chi connectivity index (χ4n) is 3.58. The number of nitrogens with zero attached hydrogens (tertiary/aromatic N) is 2.